The Kier molecular flexibility index (Phi) is 5.06. The van der Waals surface area contributed by atoms with Crippen LogP contribution in [0.15, 0.2) is 12.1 Å². The summed E-state index contributed by atoms with van der Waals surface area (Å²) in [5, 5.41) is 0. The predicted molar refractivity (Wildman–Crippen MR) is 80.9 cm³/mol. The standard InChI is InChI=1S/C12H17ClN2O3S2/c1-20(17,18)14-8-9-4-2-3-7-15(9)12(16)10-5-6-11(13)19-10/h5-6,9,14H,2-4,7-8H2,1H3. The second-order valence-electron chi connectivity index (χ2n) is 4.87. The molecule has 0 aliphatic carbocycles. The van der Waals surface area contributed by atoms with Crippen molar-refractivity contribution in [2.45, 2.75) is 25.3 Å². The Balaban J connectivity index is 2.08. The van der Waals surface area contributed by atoms with Crippen LogP contribution in [0.5, 0.6) is 0 Å². The monoisotopic (exact) mass is 336 g/mol. The number of carbonyl (C=O) groups is 1. The van der Waals surface area contributed by atoms with Gasteiger partial charge in [-0.15, -0.1) is 11.3 Å². The van der Waals surface area contributed by atoms with Crippen LogP contribution < -0.4 is 4.72 Å². The molecule has 1 aromatic heterocycles. The lowest BCUT2D eigenvalue weighted by molar-refractivity contribution is 0.0624. The van der Waals surface area contributed by atoms with E-state index in [0.717, 1.165) is 25.5 Å². The van der Waals surface area contributed by atoms with Gasteiger partial charge in [-0.3, -0.25) is 4.79 Å². The molecule has 0 spiro atoms. The van der Waals surface area contributed by atoms with Gasteiger partial charge in [0.15, 0.2) is 0 Å². The summed E-state index contributed by atoms with van der Waals surface area (Å²) in [6.07, 6.45) is 3.89. The van der Waals surface area contributed by atoms with Crippen molar-refractivity contribution in [3.05, 3.63) is 21.3 Å². The van der Waals surface area contributed by atoms with Crippen LogP contribution in [0.2, 0.25) is 4.34 Å². The fourth-order valence-electron chi connectivity index (χ4n) is 2.30. The summed E-state index contributed by atoms with van der Waals surface area (Å²) in [4.78, 5) is 14.8. The lowest BCUT2D eigenvalue weighted by atomic mass is 10.0. The molecule has 8 heteroatoms. The van der Waals surface area contributed by atoms with Gasteiger partial charge in [0.25, 0.3) is 5.91 Å². The molecule has 20 heavy (non-hydrogen) atoms. The van der Waals surface area contributed by atoms with Gasteiger partial charge in [-0.05, 0) is 31.4 Å². The number of thiophene rings is 1. The maximum absolute atomic E-state index is 12.4. The van der Waals surface area contributed by atoms with E-state index in [1.54, 1.807) is 17.0 Å². The average Bonchev–Trinajstić information content (AvgIpc) is 2.82. The number of hydrogen-bond donors (Lipinski definition) is 1. The molecule has 1 saturated heterocycles. The molecular weight excluding hydrogens is 320 g/mol. The zero-order valence-corrected chi connectivity index (χ0v) is 13.5. The van der Waals surface area contributed by atoms with E-state index in [-0.39, 0.29) is 18.5 Å². The third kappa shape index (κ3) is 4.18. The molecule has 1 N–H and O–H groups in total. The van der Waals surface area contributed by atoms with E-state index in [0.29, 0.717) is 15.8 Å². The van der Waals surface area contributed by atoms with Crippen molar-refractivity contribution in [3.63, 3.8) is 0 Å². The van der Waals surface area contributed by atoms with E-state index >= 15 is 0 Å². The van der Waals surface area contributed by atoms with Crippen molar-refractivity contribution in [2.24, 2.45) is 0 Å². The van der Waals surface area contributed by atoms with E-state index in [1.807, 2.05) is 0 Å². The largest absolute Gasteiger partial charge is 0.334 e. The lowest BCUT2D eigenvalue weighted by Gasteiger charge is -2.35. The molecule has 0 saturated carbocycles. The Labute approximate surface area is 128 Å². The molecule has 2 heterocycles. The molecule has 0 aromatic carbocycles. The highest BCUT2D eigenvalue weighted by Gasteiger charge is 2.28. The number of rotatable bonds is 4. The zero-order chi connectivity index (χ0) is 14.8. The minimum atomic E-state index is -3.24. The number of amides is 1. The number of carbonyl (C=O) groups excluding carboxylic acids is 1. The van der Waals surface area contributed by atoms with Crippen molar-refractivity contribution in [1.82, 2.24) is 9.62 Å². The molecule has 1 fully saturated rings. The zero-order valence-electron chi connectivity index (χ0n) is 11.1. The highest BCUT2D eigenvalue weighted by atomic mass is 35.5. The number of hydrogen-bond acceptors (Lipinski definition) is 4. The number of nitrogens with one attached hydrogen (secondary N) is 1. The van der Waals surface area contributed by atoms with E-state index in [2.05, 4.69) is 4.72 Å². The lowest BCUT2D eigenvalue weighted by Crippen LogP contribution is -2.49. The molecule has 5 nitrogen and oxygen atoms in total. The Morgan fingerprint density at radius 1 is 1.50 bits per heavy atom. The van der Waals surface area contributed by atoms with Crippen molar-refractivity contribution in [1.29, 1.82) is 0 Å². The van der Waals surface area contributed by atoms with Crippen LogP contribution in [0.3, 0.4) is 0 Å². The molecular formula is C12H17ClN2O3S2. The van der Waals surface area contributed by atoms with Crippen molar-refractivity contribution >= 4 is 38.9 Å². The topological polar surface area (TPSA) is 66.5 Å². The fourth-order valence-corrected chi connectivity index (χ4v) is 3.79. The first kappa shape index (κ1) is 15.8. The molecule has 1 aliphatic heterocycles. The summed E-state index contributed by atoms with van der Waals surface area (Å²) in [6.45, 7) is 0.925. The van der Waals surface area contributed by atoms with E-state index < -0.39 is 10.0 Å². The van der Waals surface area contributed by atoms with Gasteiger partial charge < -0.3 is 4.90 Å². The summed E-state index contributed by atoms with van der Waals surface area (Å²) in [5.41, 5.74) is 0. The number of piperidine rings is 1. The van der Waals surface area contributed by atoms with Crippen LogP contribution in [0, 0.1) is 0 Å². The highest BCUT2D eigenvalue weighted by molar-refractivity contribution is 7.88. The van der Waals surface area contributed by atoms with Crippen LogP contribution in [-0.4, -0.2) is 44.6 Å². The normalized spacial score (nSPS) is 20.1. The first-order valence-electron chi connectivity index (χ1n) is 6.38. The van der Waals surface area contributed by atoms with E-state index in [1.165, 1.54) is 11.3 Å². The molecule has 1 aromatic rings. The Morgan fingerprint density at radius 2 is 2.25 bits per heavy atom. The second-order valence-corrected chi connectivity index (χ2v) is 8.42. The third-order valence-corrected chi connectivity index (χ3v) is 5.16. The van der Waals surface area contributed by atoms with Gasteiger partial charge in [-0.1, -0.05) is 11.6 Å². The highest BCUT2D eigenvalue weighted by Crippen LogP contribution is 2.26. The second kappa shape index (κ2) is 6.43. The maximum atomic E-state index is 12.4. The Hall–Kier alpha value is -0.630. The minimum absolute atomic E-state index is 0.0677. The molecule has 112 valence electrons. The van der Waals surface area contributed by atoms with Gasteiger partial charge in [0.1, 0.15) is 0 Å². The van der Waals surface area contributed by atoms with E-state index in [4.69, 9.17) is 11.6 Å². The molecule has 1 aliphatic rings. The van der Waals surface area contributed by atoms with Crippen LogP contribution in [0.4, 0.5) is 0 Å². The molecule has 1 amide bonds. The first-order chi connectivity index (χ1) is 9.37. The SMILES string of the molecule is CS(=O)(=O)NCC1CCCCN1C(=O)c1ccc(Cl)s1. The Bertz CT molecular complexity index is 585. The summed E-state index contributed by atoms with van der Waals surface area (Å²) < 4.78 is 25.5. The number of halogens is 1. The summed E-state index contributed by atoms with van der Waals surface area (Å²) in [6, 6.07) is 3.32. The molecule has 0 bridgehead atoms. The van der Waals surface area contributed by atoms with Crippen LogP contribution in [0.1, 0.15) is 28.9 Å². The summed E-state index contributed by atoms with van der Waals surface area (Å²) >= 11 is 7.11. The molecule has 1 atom stereocenters. The predicted octanol–water partition coefficient (Wildman–Crippen LogP) is 1.95. The first-order valence-corrected chi connectivity index (χ1v) is 9.46. The fraction of sp³-hybridized carbons (Fsp3) is 0.583. The van der Waals surface area contributed by atoms with Gasteiger partial charge in [-0.2, -0.15) is 0 Å². The van der Waals surface area contributed by atoms with Crippen molar-refractivity contribution < 1.29 is 13.2 Å². The minimum Gasteiger partial charge on any atom is -0.334 e. The quantitative estimate of drug-likeness (QED) is 0.913. The molecule has 1 unspecified atom stereocenters. The van der Waals surface area contributed by atoms with E-state index in [9.17, 15) is 13.2 Å². The smallest absolute Gasteiger partial charge is 0.264 e. The van der Waals surface area contributed by atoms with Gasteiger partial charge >= 0.3 is 0 Å². The van der Waals surface area contributed by atoms with Crippen LogP contribution in [-0.2, 0) is 10.0 Å². The summed E-state index contributed by atoms with van der Waals surface area (Å²) in [5.74, 6) is -0.0677. The number of nitrogens with zero attached hydrogens (tertiary/aromatic N) is 1. The van der Waals surface area contributed by atoms with Gasteiger partial charge in [0, 0.05) is 19.1 Å². The maximum Gasteiger partial charge on any atom is 0.264 e. The van der Waals surface area contributed by atoms with Crippen molar-refractivity contribution in [2.75, 3.05) is 19.3 Å². The van der Waals surface area contributed by atoms with Crippen molar-refractivity contribution in [3.8, 4) is 0 Å². The Morgan fingerprint density at radius 3 is 2.85 bits per heavy atom. The van der Waals surface area contributed by atoms with Crippen LogP contribution in [0.25, 0.3) is 0 Å². The van der Waals surface area contributed by atoms with Crippen LogP contribution >= 0.6 is 22.9 Å². The third-order valence-electron chi connectivity index (χ3n) is 3.25. The molecule has 2 rings (SSSR count). The van der Waals surface area contributed by atoms with Gasteiger partial charge in [-0.25, -0.2) is 13.1 Å². The van der Waals surface area contributed by atoms with Gasteiger partial charge in [0.2, 0.25) is 10.0 Å². The number of sulfonamides is 1. The summed E-state index contributed by atoms with van der Waals surface area (Å²) in [7, 11) is -3.24. The molecule has 0 radical (unpaired) electrons. The number of likely N-dealkylation sites (tertiary alicyclic amines) is 1. The average molecular weight is 337 g/mol. The van der Waals surface area contributed by atoms with Gasteiger partial charge in [0.05, 0.1) is 15.5 Å².